The monoisotopic (exact) mass is 223 g/mol. The predicted molar refractivity (Wildman–Crippen MR) is 62.0 cm³/mol. The minimum atomic E-state index is -0.389. The maximum atomic E-state index is 12.1. The first-order valence-corrected chi connectivity index (χ1v) is 5.65. The van der Waals surface area contributed by atoms with E-state index in [1.165, 1.54) is 4.57 Å². The van der Waals surface area contributed by atoms with Crippen molar-refractivity contribution in [3.8, 4) is 0 Å². The lowest BCUT2D eigenvalue weighted by Crippen LogP contribution is -2.46. The largest absolute Gasteiger partial charge is 0.349 e. The van der Waals surface area contributed by atoms with E-state index in [4.69, 9.17) is 5.84 Å². The van der Waals surface area contributed by atoms with Crippen molar-refractivity contribution in [3.05, 3.63) is 32.1 Å². The van der Waals surface area contributed by atoms with Crippen LogP contribution in [0.15, 0.2) is 9.59 Å². The van der Waals surface area contributed by atoms with Gasteiger partial charge in [0, 0.05) is 12.1 Å². The molecule has 0 spiro atoms. The highest BCUT2D eigenvalue weighted by atomic mass is 16.2. The van der Waals surface area contributed by atoms with E-state index in [1.807, 2.05) is 13.8 Å². The van der Waals surface area contributed by atoms with Gasteiger partial charge in [-0.3, -0.25) is 9.36 Å². The van der Waals surface area contributed by atoms with E-state index in [0.717, 1.165) is 35.2 Å². The fraction of sp³-hybridized carbons (Fsp3) is 0.636. The van der Waals surface area contributed by atoms with Crippen molar-refractivity contribution >= 4 is 0 Å². The Bertz CT molecular complexity index is 525. The molecule has 1 aliphatic rings. The van der Waals surface area contributed by atoms with Crippen LogP contribution in [0.1, 0.15) is 31.5 Å². The summed E-state index contributed by atoms with van der Waals surface area (Å²) >= 11 is 0. The summed E-state index contributed by atoms with van der Waals surface area (Å²) in [5, 5.41) is 0. The molecule has 0 fully saturated rings. The zero-order chi connectivity index (χ0) is 11.9. The average molecular weight is 223 g/mol. The van der Waals surface area contributed by atoms with Gasteiger partial charge in [-0.2, -0.15) is 0 Å². The topological polar surface area (TPSA) is 70.0 Å². The summed E-state index contributed by atoms with van der Waals surface area (Å²) in [6.45, 7) is 4.38. The molecule has 0 radical (unpaired) electrons. The maximum Gasteiger partial charge on any atom is 0.349 e. The van der Waals surface area contributed by atoms with Crippen molar-refractivity contribution in [1.29, 1.82) is 0 Å². The number of nitrogen functional groups attached to an aromatic ring is 1. The van der Waals surface area contributed by atoms with Gasteiger partial charge in [-0.05, 0) is 25.2 Å². The molecule has 2 N–H and O–H groups in total. The molecule has 2 rings (SSSR count). The molecule has 0 saturated carbocycles. The van der Waals surface area contributed by atoms with E-state index in [1.54, 1.807) is 0 Å². The van der Waals surface area contributed by atoms with Crippen LogP contribution in [0.5, 0.6) is 0 Å². The number of hydrogen-bond acceptors (Lipinski definition) is 3. The number of aromatic nitrogens is 2. The third kappa shape index (κ3) is 1.56. The van der Waals surface area contributed by atoms with Crippen LogP contribution < -0.4 is 17.1 Å². The van der Waals surface area contributed by atoms with E-state index in [-0.39, 0.29) is 17.2 Å². The number of nitrogens with two attached hydrogens (primary N) is 1. The van der Waals surface area contributed by atoms with Crippen LogP contribution in [0.4, 0.5) is 0 Å². The molecule has 0 saturated heterocycles. The number of hydrogen-bond donors (Lipinski definition) is 1. The molecule has 0 atom stereocenters. The SMILES string of the molecule is CC(C)Cn1c(=O)c2c(n(N)c1=O)CCC2. The second-order valence-corrected chi connectivity index (χ2v) is 4.74. The fourth-order valence-electron chi connectivity index (χ4n) is 2.25. The first kappa shape index (κ1) is 11.0. The standard InChI is InChI=1S/C11H17N3O2/c1-7(2)6-13-10(15)8-4-3-5-9(8)14(12)11(13)16/h7H,3-6,12H2,1-2H3. The van der Waals surface area contributed by atoms with Gasteiger partial charge in [0.05, 0.1) is 5.69 Å². The highest BCUT2D eigenvalue weighted by molar-refractivity contribution is 5.23. The van der Waals surface area contributed by atoms with E-state index in [9.17, 15) is 9.59 Å². The molecule has 5 nitrogen and oxygen atoms in total. The van der Waals surface area contributed by atoms with Crippen LogP contribution in [0.2, 0.25) is 0 Å². The van der Waals surface area contributed by atoms with Gasteiger partial charge in [0.15, 0.2) is 0 Å². The highest BCUT2D eigenvalue weighted by Crippen LogP contribution is 2.15. The van der Waals surface area contributed by atoms with Crippen LogP contribution in [-0.2, 0) is 19.4 Å². The second-order valence-electron chi connectivity index (χ2n) is 4.74. The Hall–Kier alpha value is -1.52. The zero-order valence-electron chi connectivity index (χ0n) is 9.69. The van der Waals surface area contributed by atoms with Gasteiger partial charge in [0.2, 0.25) is 0 Å². The summed E-state index contributed by atoms with van der Waals surface area (Å²) in [7, 11) is 0. The Balaban J connectivity index is 2.67. The zero-order valence-corrected chi connectivity index (χ0v) is 9.69. The van der Waals surface area contributed by atoms with Crippen LogP contribution in [0, 0.1) is 5.92 Å². The molecule has 0 unspecified atom stereocenters. The summed E-state index contributed by atoms with van der Waals surface area (Å²) in [6.07, 6.45) is 2.38. The summed E-state index contributed by atoms with van der Waals surface area (Å²) in [6, 6.07) is 0. The van der Waals surface area contributed by atoms with E-state index >= 15 is 0 Å². The molecule has 0 bridgehead atoms. The molecule has 1 heterocycles. The molecule has 88 valence electrons. The lowest BCUT2D eigenvalue weighted by Gasteiger charge is -2.12. The molecule has 1 aromatic heterocycles. The van der Waals surface area contributed by atoms with Crippen molar-refractivity contribution in [3.63, 3.8) is 0 Å². The molecule has 0 aliphatic heterocycles. The van der Waals surface area contributed by atoms with E-state index < -0.39 is 0 Å². The highest BCUT2D eigenvalue weighted by Gasteiger charge is 2.21. The van der Waals surface area contributed by atoms with Crippen molar-refractivity contribution in [2.75, 3.05) is 5.84 Å². The lowest BCUT2D eigenvalue weighted by molar-refractivity contribution is 0.478. The van der Waals surface area contributed by atoms with E-state index in [2.05, 4.69) is 0 Å². The van der Waals surface area contributed by atoms with Gasteiger partial charge in [-0.25, -0.2) is 9.47 Å². The first-order chi connectivity index (χ1) is 7.52. The normalized spacial score (nSPS) is 14.4. The summed E-state index contributed by atoms with van der Waals surface area (Å²) in [5.74, 6) is 5.98. The Kier molecular flexibility index (Phi) is 2.61. The second kappa shape index (κ2) is 3.81. The Morgan fingerprint density at radius 1 is 1.31 bits per heavy atom. The third-order valence-electron chi connectivity index (χ3n) is 2.97. The molecule has 0 amide bonds. The molecular weight excluding hydrogens is 206 g/mol. The minimum Gasteiger partial charge on any atom is -0.335 e. The smallest absolute Gasteiger partial charge is 0.335 e. The van der Waals surface area contributed by atoms with Gasteiger partial charge in [-0.15, -0.1) is 0 Å². The van der Waals surface area contributed by atoms with Gasteiger partial charge in [0.1, 0.15) is 0 Å². The van der Waals surface area contributed by atoms with Crippen LogP contribution in [0.3, 0.4) is 0 Å². The van der Waals surface area contributed by atoms with Gasteiger partial charge in [0.25, 0.3) is 5.56 Å². The Morgan fingerprint density at radius 2 is 2.00 bits per heavy atom. The molecule has 1 aliphatic carbocycles. The van der Waals surface area contributed by atoms with Gasteiger partial charge in [-0.1, -0.05) is 13.8 Å². The van der Waals surface area contributed by atoms with Crippen LogP contribution in [-0.4, -0.2) is 9.24 Å². The Labute approximate surface area is 93.5 Å². The third-order valence-corrected chi connectivity index (χ3v) is 2.97. The summed E-state index contributed by atoms with van der Waals surface area (Å²) in [5.41, 5.74) is 0.907. The Morgan fingerprint density at radius 3 is 2.62 bits per heavy atom. The fourth-order valence-corrected chi connectivity index (χ4v) is 2.25. The molecule has 16 heavy (non-hydrogen) atoms. The summed E-state index contributed by atoms with van der Waals surface area (Å²) in [4.78, 5) is 23.9. The van der Waals surface area contributed by atoms with Crippen LogP contribution in [0.25, 0.3) is 0 Å². The first-order valence-electron chi connectivity index (χ1n) is 5.65. The number of fused-ring (bicyclic) bond motifs is 1. The van der Waals surface area contributed by atoms with E-state index in [0.29, 0.717) is 6.54 Å². The lowest BCUT2D eigenvalue weighted by atomic mass is 10.2. The van der Waals surface area contributed by atoms with Gasteiger partial charge < -0.3 is 5.84 Å². The average Bonchev–Trinajstić information content (AvgIpc) is 2.70. The van der Waals surface area contributed by atoms with Gasteiger partial charge >= 0.3 is 5.69 Å². The molecule has 1 aromatic rings. The predicted octanol–water partition coefficient (Wildman–Crippen LogP) is -0.131. The summed E-state index contributed by atoms with van der Waals surface area (Å²) < 4.78 is 2.40. The molecule has 5 heteroatoms. The minimum absolute atomic E-state index is 0.145. The number of rotatable bonds is 2. The van der Waals surface area contributed by atoms with Crippen LogP contribution >= 0.6 is 0 Å². The van der Waals surface area contributed by atoms with Crippen molar-refractivity contribution < 1.29 is 0 Å². The maximum absolute atomic E-state index is 12.1. The van der Waals surface area contributed by atoms with Crippen molar-refractivity contribution in [2.24, 2.45) is 5.92 Å². The molecular formula is C11H17N3O2. The van der Waals surface area contributed by atoms with Crippen molar-refractivity contribution in [1.82, 2.24) is 9.24 Å². The van der Waals surface area contributed by atoms with Crippen molar-refractivity contribution in [2.45, 2.75) is 39.7 Å². The molecule has 0 aromatic carbocycles. The number of nitrogens with zero attached hydrogens (tertiary/aromatic N) is 2. The quantitative estimate of drug-likeness (QED) is 0.710.